The zero-order valence-electron chi connectivity index (χ0n) is 19.7. The van der Waals surface area contributed by atoms with Crippen molar-refractivity contribution in [1.29, 1.82) is 0 Å². The molecule has 0 aromatic heterocycles. The van der Waals surface area contributed by atoms with E-state index in [0.29, 0.717) is 48.8 Å². The van der Waals surface area contributed by atoms with Crippen molar-refractivity contribution in [2.45, 2.75) is 38.3 Å². The molecule has 0 aliphatic carbocycles. The molecule has 0 spiro atoms. The first-order chi connectivity index (χ1) is 16.9. The Hall–Kier alpha value is -3.59. The predicted octanol–water partition coefficient (Wildman–Crippen LogP) is 2.72. The molecule has 2 fully saturated rings. The topological polar surface area (TPSA) is 114 Å². The normalized spacial score (nSPS) is 27.1. The number of phenolic OH excluding ortho intramolecular Hbond substituents is 1. The highest BCUT2D eigenvalue weighted by Gasteiger charge is 2.68. The van der Waals surface area contributed by atoms with Gasteiger partial charge in [0.2, 0.25) is 11.8 Å². The monoisotopic (exact) mass is 480 g/mol. The molecule has 3 aliphatic heterocycles. The maximum atomic E-state index is 13.9. The Morgan fingerprint density at radius 1 is 1.09 bits per heavy atom. The molecule has 0 bridgehead atoms. The first-order valence-electron chi connectivity index (χ1n) is 11.9. The van der Waals surface area contributed by atoms with Crippen LogP contribution in [0.2, 0.25) is 0 Å². The van der Waals surface area contributed by atoms with Crippen LogP contribution in [0, 0.1) is 11.8 Å². The summed E-state index contributed by atoms with van der Waals surface area (Å²) in [5.74, 6) is -2.06. The highest BCUT2D eigenvalue weighted by atomic mass is 16.6. The fraction of sp³-hybridized carbons (Fsp3) is 0.423. The lowest BCUT2D eigenvalue weighted by molar-refractivity contribution is -0.155. The van der Waals surface area contributed by atoms with Crippen LogP contribution in [0.1, 0.15) is 38.3 Å². The number of hydrogen-bond acceptors (Lipinski definition) is 8. The Labute approximate surface area is 203 Å². The molecule has 2 saturated heterocycles. The highest BCUT2D eigenvalue weighted by Crippen LogP contribution is 2.52. The lowest BCUT2D eigenvalue weighted by atomic mass is 9.77. The summed E-state index contributed by atoms with van der Waals surface area (Å²) < 4.78 is 16.7. The van der Waals surface area contributed by atoms with Crippen molar-refractivity contribution < 1.29 is 33.7 Å². The smallest absolute Gasteiger partial charge is 0.327 e. The molecule has 4 atom stereocenters. The number of amides is 2. The van der Waals surface area contributed by atoms with Crippen molar-refractivity contribution in [1.82, 2.24) is 5.32 Å². The van der Waals surface area contributed by atoms with Gasteiger partial charge in [0.05, 0.1) is 24.1 Å². The SMILES string of the molecule is CCC[C@@]1(C(=O)OCC)N[C@@H](c2ccc(O)cc2)[C@H]2C(=O)N(c3ccc4c(c3)OCCO4)C(=O)[C@H]21. The van der Waals surface area contributed by atoms with Crippen LogP contribution in [0.15, 0.2) is 42.5 Å². The number of carbonyl (C=O) groups excluding carboxylic acids is 3. The number of nitrogens with zero attached hydrogens (tertiary/aromatic N) is 1. The summed E-state index contributed by atoms with van der Waals surface area (Å²) in [7, 11) is 0. The van der Waals surface area contributed by atoms with Crippen molar-refractivity contribution in [3.8, 4) is 17.2 Å². The number of phenols is 1. The summed E-state index contributed by atoms with van der Waals surface area (Å²) in [5, 5.41) is 13.1. The summed E-state index contributed by atoms with van der Waals surface area (Å²) >= 11 is 0. The van der Waals surface area contributed by atoms with Crippen LogP contribution in [0.3, 0.4) is 0 Å². The summed E-state index contributed by atoms with van der Waals surface area (Å²) in [6, 6.07) is 10.8. The average molecular weight is 481 g/mol. The summed E-state index contributed by atoms with van der Waals surface area (Å²) in [4.78, 5) is 42.4. The molecule has 0 saturated carbocycles. The molecule has 3 aliphatic rings. The van der Waals surface area contributed by atoms with Gasteiger partial charge in [-0.1, -0.05) is 25.5 Å². The van der Waals surface area contributed by atoms with Gasteiger partial charge >= 0.3 is 5.97 Å². The van der Waals surface area contributed by atoms with Crippen molar-refractivity contribution in [3.05, 3.63) is 48.0 Å². The Morgan fingerprint density at radius 3 is 2.49 bits per heavy atom. The standard InChI is InChI=1S/C26H28N2O7/c1-3-11-26(25(32)33-4-2)21-20(22(27-26)15-5-8-17(29)9-6-15)23(30)28(24(21)31)16-7-10-18-19(14-16)35-13-12-34-18/h5-10,14,20-22,27,29H,3-4,11-13H2,1-2H3/t20-,21-,22-,26+/m0/s1. The van der Waals surface area contributed by atoms with E-state index in [1.165, 1.54) is 12.1 Å². The number of carbonyl (C=O) groups is 3. The van der Waals surface area contributed by atoms with Gasteiger partial charge in [0, 0.05) is 12.1 Å². The van der Waals surface area contributed by atoms with E-state index in [2.05, 4.69) is 5.32 Å². The van der Waals surface area contributed by atoms with Gasteiger partial charge in [-0.15, -0.1) is 0 Å². The zero-order chi connectivity index (χ0) is 24.7. The summed E-state index contributed by atoms with van der Waals surface area (Å²) in [6.45, 7) is 4.59. The molecule has 0 radical (unpaired) electrons. The van der Waals surface area contributed by atoms with Gasteiger partial charge < -0.3 is 19.3 Å². The number of hydrogen-bond donors (Lipinski definition) is 2. The van der Waals surface area contributed by atoms with Crippen molar-refractivity contribution >= 4 is 23.5 Å². The number of imide groups is 1. The molecule has 2 aromatic carbocycles. The van der Waals surface area contributed by atoms with Gasteiger partial charge in [-0.05, 0) is 43.2 Å². The van der Waals surface area contributed by atoms with Crippen molar-refractivity contribution in [2.24, 2.45) is 11.8 Å². The summed E-state index contributed by atoms with van der Waals surface area (Å²) in [5.41, 5.74) is -0.282. The largest absolute Gasteiger partial charge is 0.508 e. The first-order valence-corrected chi connectivity index (χ1v) is 11.9. The third-order valence-corrected chi connectivity index (χ3v) is 6.97. The van der Waals surface area contributed by atoms with Crippen molar-refractivity contribution in [3.63, 3.8) is 0 Å². The van der Waals surface area contributed by atoms with Crippen LogP contribution in [-0.4, -0.2) is 48.2 Å². The third-order valence-electron chi connectivity index (χ3n) is 6.97. The van der Waals surface area contributed by atoms with Gasteiger partial charge in [0.1, 0.15) is 24.5 Å². The predicted molar refractivity (Wildman–Crippen MR) is 125 cm³/mol. The van der Waals surface area contributed by atoms with Crippen LogP contribution >= 0.6 is 0 Å². The number of nitrogens with one attached hydrogen (secondary N) is 1. The maximum Gasteiger partial charge on any atom is 0.327 e. The molecule has 0 unspecified atom stereocenters. The van der Waals surface area contributed by atoms with Gasteiger partial charge in [0.15, 0.2) is 11.5 Å². The summed E-state index contributed by atoms with van der Waals surface area (Å²) in [6.07, 6.45) is 0.929. The van der Waals surface area contributed by atoms with E-state index in [1.807, 2.05) is 6.92 Å². The molecule has 3 heterocycles. The molecule has 2 aromatic rings. The Morgan fingerprint density at radius 2 is 1.80 bits per heavy atom. The minimum Gasteiger partial charge on any atom is -0.508 e. The molecule has 9 heteroatoms. The number of aromatic hydroxyl groups is 1. The van der Waals surface area contributed by atoms with Gasteiger partial charge in [0.25, 0.3) is 0 Å². The fourth-order valence-corrected chi connectivity index (χ4v) is 5.57. The van der Waals surface area contributed by atoms with E-state index in [0.717, 1.165) is 4.90 Å². The fourth-order valence-electron chi connectivity index (χ4n) is 5.57. The second-order valence-electron chi connectivity index (χ2n) is 9.00. The Balaban J connectivity index is 1.61. The van der Waals surface area contributed by atoms with Crippen LogP contribution < -0.4 is 19.7 Å². The van der Waals surface area contributed by atoms with Gasteiger partial charge in [-0.3, -0.25) is 19.7 Å². The van der Waals surface area contributed by atoms with Crippen LogP contribution in [0.25, 0.3) is 0 Å². The average Bonchev–Trinajstić information content (AvgIpc) is 3.34. The van der Waals surface area contributed by atoms with Crippen LogP contribution in [0.4, 0.5) is 5.69 Å². The number of esters is 1. The molecule has 9 nitrogen and oxygen atoms in total. The van der Waals surface area contributed by atoms with E-state index in [-0.39, 0.29) is 12.4 Å². The Bertz CT molecular complexity index is 1160. The lowest BCUT2D eigenvalue weighted by Crippen LogP contribution is -2.56. The van der Waals surface area contributed by atoms with Crippen molar-refractivity contribution in [2.75, 3.05) is 24.7 Å². The van der Waals surface area contributed by atoms with Gasteiger partial charge in [-0.25, -0.2) is 4.90 Å². The number of benzene rings is 2. The molecule has 2 N–H and O–H groups in total. The second-order valence-corrected chi connectivity index (χ2v) is 9.00. The van der Waals surface area contributed by atoms with Crippen LogP contribution in [0.5, 0.6) is 17.2 Å². The van der Waals surface area contributed by atoms with Gasteiger partial charge in [-0.2, -0.15) is 0 Å². The van der Waals surface area contributed by atoms with E-state index >= 15 is 0 Å². The van der Waals surface area contributed by atoms with E-state index < -0.39 is 41.2 Å². The van der Waals surface area contributed by atoms with Crippen LogP contribution in [-0.2, 0) is 19.1 Å². The highest BCUT2D eigenvalue weighted by molar-refractivity contribution is 6.24. The second kappa shape index (κ2) is 8.88. The first kappa shape index (κ1) is 23.2. The third kappa shape index (κ3) is 3.61. The lowest BCUT2D eigenvalue weighted by Gasteiger charge is -2.32. The Kier molecular flexibility index (Phi) is 5.88. The minimum atomic E-state index is -1.35. The van der Waals surface area contributed by atoms with E-state index in [1.54, 1.807) is 37.3 Å². The minimum absolute atomic E-state index is 0.0836. The van der Waals surface area contributed by atoms with E-state index in [4.69, 9.17) is 14.2 Å². The number of anilines is 1. The molecular weight excluding hydrogens is 452 g/mol. The zero-order valence-corrected chi connectivity index (χ0v) is 19.7. The van der Waals surface area contributed by atoms with E-state index in [9.17, 15) is 19.5 Å². The number of rotatable bonds is 6. The quantitative estimate of drug-likeness (QED) is 0.479. The molecule has 2 amide bonds. The molecular formula is C26H28N2O7. The molecule has 35 heavy (non-hydrogen) atoms. The molecule has 5 rings (SSSR count). The maximum absolute atomic E-state index is 13.9. The number of fused-ring (bicyclic) bond motifs is 2. The number of ether oxygens (including phenoxy) is 3. The molecule has 184 valence electrons.